The van der Waals surface area contributed by atoms with Crippen LogP contribution in [0.3, 0.4) is 0 Å². The van der Waals surface area contributed by atoms with Crippen LogP contribution in [-0.2, 0) is 0 Å². The highest BCUT2D eigenvalue weighted by atomic mass is 35.5. The lowest BCUT2D eigenvalue weighted by atomic mass is 10.3. The van der Waals surface area contributed by atoms with Crippen LogP contribution in [0.2, 0.25) is 5.02 Å². The molecule has 4 nitrogen and oxygen atoms in total. The van der Waals surface area contributed by atoms with Crippen LogP contribution < -0.4 is 5.73 Å². The van der Waals surface area contributed by atoms with Crippen molar-refractivity contribution in [3.05, 3.63) is 28.5 Å². The summed E-state index contributed by atoms with van der Waals surface area (Å²) < 4.78 is 0. The van der Waals surface area contributed by atoms with Gasteiger partial charge in [0, 0.05) is 18.0 Å². The maximum atomic E-state index is 6.03. The standard InChI is InChI=1S/C10H11ClN4S/c1-2-8(12)10-15-14-9(16-10)6-3-4-13-5-7(6)11/h3-5,8H,2,12H2,1H3. The van der Waals surface area contributed by atoms with Crippen LogP contribution in [0.25, 0.3) is 10.6 Å². The van der Waals surface area contributed by atoms with E-state index in [0.29, 0.717) is 5.02 Å². The summed E-state index contributed by atoms with van der Waals surface area (Å²) >= 11 is 7.50. The number of pyridine rings is 1. The lowest BCUT2D eigenvalue weighted by Crippen LogP contribution is -2.07. The zero-order chi connectivity index (χ0) is 11.5. The number of nitrogens with zero attached hydrogens (tertiary/aromatic N) is 3. The fourth-order valence-corrected chi connectivity index (χ4v) is 2.45. The quantitative estimate of drug-likeness (QED) is 0.915. The second-order valence-corrected chi connectivity index (χ2v) is 4.73. The number of nitrogens with two attached hydrogens (primary N) is 1. The van der Waals surface area contributed by atoms with E-state index < -0.39 is 0 Å². The van der Waals surface area contributed by atoms with Gasteiger partial charge in [0.05, 0.1) is 11.1 Å². The third kappa shape index (κ3) is 2.21. The summed E-state index contributed by atoms with van der Waals surface area (Å²) in [4.78, 5) is 3.93. The van der Waals surface area contributed by atoms with Crippen molar-refractivity contribution < 1.29 is 0 Å². The van der Waals surface area contributed by atoms with Crippen LogP contribution in [0.1, 0.15) is 24.4 Å². The number of hydrogen-bond donors (Lipinski definition) is 1. The van der Waals surface area contributed by atoms with Crippen molar-refractivity contribution >= 4 is 22.9 Å². The zero-order valence-corrected chi connectivity index (χ0v) is 10.3. The van der Waals surface area contributed by atoms with Crippen LogP contribution in [0, 0.1) is 0 Å². The molecule has 0 amide bonds. The molecule has 0 radical (unpaired) electrons. The summed E-state index contributed by atoms with van der Waals surface area (Å²) in [6.07, 6.45) is 4.12. The molecule has 0 aliphatic rings. The normalized spacial score (nSPS) is 12.7. The minimum Gasteiger partial charge on any atom is -0.322 e. The molecular weight excluding hydrogens is 244 g/mol. The maximum absolute atomic E-state index is 6.03. The number of hydrogen-bond acceptors (Lipinski definition) is 5. The summed E-state index contributed by atoms with van der Waals surface area (Å²) in [5.74, 6) is 0. The smallest absolute Gasteiger partial charge is 0.149 e. The molecule has 2 N–H and O–H groups in total. The van der Waals surface area contributed by atoms with E-state index in [2.05, 4.69) is 15.2 Å². The van der Waals surface area contributed by atoms with Gasteiger partial charge in [-0.15, -0.1) is 10.2 Å². The van der Waals surface area contributed by atoms with Crippen LogP contribution in [-0.4, -0.2) is 15.2 Å². The Bertz CT molecular complexity index is 485. The maximum Gasteiger partial charge on any atom is 0.149 e. The zero-order valence-electron chi connectivity index (χ0n) is 8.72. The van der Waals surface area contributed by atoms with Crippen LogP contribution >= 0.6 is 22.9 Å². The summed E-state index contributed by atoms with van der Waals surface area (Å²) in [5, 5.41) is 10.4. The molecule has 84 valence electrons. The number of halogens is 1. The molecule has 6 heteroatoms. The molecule has 0 saturated heterocycles. The van der Waals surface area contributed by atoms with Gasteiger partial charge in [0.2, 0.25) is 0 Å². The molecule has 16 heavy (non-hydrogen) atoms. The molecule has 2 aromatic rings. The molecule has 0 aromatic carbocycles. The van der Waals surface area contributed by atoms with Crippen LogP contribution in [0.15, 0.2) is 18.5 Å². The van der Waals surface area contributed by atoms with E-state index in [1.807, 2.05) is 13.0 Å². The number of aromatic nitrogens is 3. The van der Waals surface area contributed by atoms with E-state index in [4.69, 9.17) is 17.3 Å². The summed E-state index contributed by atoms with van der Waals surface area (Å²) in [6.45, 7) is 2.02. The highest BCUT2D eigenvalue weighted by Gasteiger charge is 2.13. The summed E-state index contributed by atoms with van der Waals surface area (Å²) in [7, 11) is 0. The van der Waals surface area contributed by atoms with E-state index >= 15 is 0 Å². The van der Waals surface area contributed by atoms with Gasteiger partial charge in [0.1, 0.15) is 10.0 Å². The lowest BCUT2D eigenvalue weighted by Gasteiger charge is -2.01. The Morgan fingerprint density at radius 2 is 2.31 bits per heavy atom. The van der Waals surface area contributed by atoms with Crippen LogP contribution in [0.4, 0.5) is 0 Å². The molecule has 2 heterocycles. The van der Waals surface area contributed by atoms with Gasteiger partial charge in [0.15, 0.2) is 0 Å². The Balaban J connectivity index is 2.35. The predicted octanol–water partition coefficient (Wildman–Crippen LogP) is 2.66. The van der Waals surface area contributed by atoms with E-state index in [9.17, 15) is 0 Å². The molecule has 1 atom stereocenters. The van der Waals surface area contributed by atoms with Gasteiger partial charge >= 0.3 is 0 Å². The monoisotopic (exact) mass is 254 g/mol. The Kier molecular flexibility index (Phi) is 3.48. The summed E-state index contributed by atoms with van der Waals surface area (Å²) in [6, 6.07) is 1.77. The van der Waals surface area contributed by atoms with Gasteiger partial charge in [0.25, 0.3) is 0 Å². The molecule has 0 aliphatic heterocycles. The van der Waals surface area contributed by atoms with Gasteiger partial charge in [-0.2, -0.15) is 0 Å². The molecule has 2 rings (SSSR count). The van der Waals surface area contributed by atoms with Gasteiger partial charge in [-0.3, -0.25) is 4.98 Å². The first kappa shape index (κ1) is 11.4. The van der Waals surface area contributed by atoms with Crippen molar-refractivity contribution in [1.82, 2.24) is 15.2 Å². The molecule has 0 bridgehead atoms. The second-order valence-electron chi connectivity index (χ2n) is 3.32. The Labute approximate surface area is 102 Å². The largest absolute Gasteiger partial charge is 0.322 e. The third-order valence-electron chi connectivity index (χ3n) is 2.20. The molecule has 0 spiro atoms. The van der Waals surface area contributed by atoms with Crippen molar-refractivity contribution in [2.24, 2.45) is 5.73 Å². The first-order valence-electron chi connectivity index (χ1n) is 4.91. The minimum absolute atomic E-state index is 0.0492. The topological polar surface area (TPSA) is 64.7 Å². The van der Waals surface area contributed by atoms with Gasteiger partial charge < -0.3 is 5.73 Å². The van der Waals surface area contributed by atoms with Crippen molar-refractivity contribution in [2.45, 2.75) is 19.4 Å². The van der Waals surface area contributed by atoms with Crippen molar-refractivity contribution in [3.8, 4) is 10.6 Å². The number of rotatable bonds is 3. The van der Waals surface area contributed by atoms with Crippen LogP contribution in [0.5, 0.6) is 0 Å². The van der Waals surface area contributed by atoms with E-state index in [-0.39, 0.29) is 6.04 Å². The van der Waals surface area contributed by atoms with Gasteiger partial charge in [-0.05, 0) is 12.5 Å². The molecular formula is C10H11ClN4S. The van der Waals surface area contributed by atoms with Gasteiger partial charge in [-0.1, -0.05) is 29.9 Å². The van der Waals surface area contributed by atoms with Crippen molar-refractivity contribution in [3.63, 3.8) is 0 Å². The SMILES string of the molecule is CCC(N)c1nnc(-c2ccncc2Cl)s1. The third-order valence-corrected chi connectivity index (χ3v) is 3.59. The average molecular weight is 255 g/mol. The lowest BCUT2D eigenvalue weighted by molar-refractivity contribution is 0.683. The van der Waals surface area contributed by atoms with E-state index in [1.54, 1.807) is 12.4 Å². The van der Waals surface area contributed by atoms with Crippen molar-refractivity contribution in [1.29, 1.82) is 0 Å². The highest BCUT2D eigenvalue weighted by molar-refractivity contribution is 7.14. The highest BCUT2D eigenvalue weighted by Crippen LogP contribution is 2.31. The molecule has 0 fully saturated rings. The average Bonchev–Trinajstić information content (AvgIpc) is 2.78. The Morgan fingerprint density at radius 3 is 3.00 bits per heavy atom. The van der Waals surface area contributed by atoms with E-state index in [1.165, 1.54) is 11.3 Å². The molecule has 0 saturated carbocycles. The molecule has 1 unspecified atom stereocenters. The minimum atomic E-state index is -0.0492. The molecule has 0 aliphatic carbocycles. The first-order valence-corrected chi connectivity index (χ1v) is 6.10. The first-order chi connectivity index (χ1) is 7.72. The second kappa shape index (κ2) is 4.86. The fourth-order valence-electron chi connectivity index (χ4n) is 1.22. The van der Waals surface area contributed by atoms with Gasteiger partial charge in [-0.25, -0.2) is 0 Å². The molecule has 2 aromatic heterocycles. The van der Waals surface area contributed by atoms with Crippen molar-refractivity contribution in [2.75, 3.05) is 0 Å². The fraction of sp³-hybridized carbons (Fsp3) is 0.300. The predicted molar refractivity (Wildman–Crippen MR) is 65.4 cm³/mol. The Hall–Kier alpha value is -1.04. The summed E-state index contributed by atoms with van der Waals surface area (Å²) in [5.41, 5.74) is 6.74. The van der Waals surface area contributed by atoms with E-state index in [0.717, 1.165) is 22.0 Å². The Morgan fingerprint density at radius 1 is 1.50 bits per heavy atom.